The van der Waals surface area contributed by atoms with Crippen LogP contribution in [0.25, 0.3) is 0 Å². The second-order valence-corrected chi connectivity index (χ2v) is 6.19. The maximum absolute atomic E-state index is 10.0. The number of aliphatic hydroxyl groups excluding tert-OH is 1. The molecule has 0 aliphatic heterocycles. The fraction of sp³-hybridized carbons (Fsp3) is 0.538. The van der Waals surface area contributed by atoms with Crippen molar-refractivity contribution in [2.45, 2.75) is 39.3 Å². The van der Waals surface area contributed by atoms with Crippen molar-refractivity contribution in [1.29, 1.82) is 0 Å². The van der Waals surface area contributed by atoms with Crippen molar-refractivity contribution in [3.05, 3.63) is 34.3 Å². The first-order valence-corrected chi connectivity index (χ1v) is 6.29. The van der Waals surface area contributed by atoms with Crippen LogP contribution in [0.3, 0.4) is 0 Å². The Bertz CT molecular complexity index is 329. The lowest BCUT2D eigenvalue weighted by Gasteiger charge is -2.29. The summed E-state index contributed by atoms with van der Waals surface area (Å²) in [6.45, 7) is 6.27. The van der Waals surface area contributed by atoms with Crippen molar-refractivity contribution < 1.29 is 5.11 Å². The molecule has 2 atom stereocenters. The normalized spacial score (nSPS) is 15.9. The van der Waals surface area contributed by atoms with Gasteiger partial charge < -0.3 is 10.8 Å². The first-order chi connectivity index (χ1) is 7.30. The predicted octanol–water partition coefficient (Wildman–Crippen LogP) is 3.25. The molecule has 0 saturated heterocycles. The van der Waals surface area contributed by atoms with Crippen LogP contribution in [0.4, 0.5) is 0 Å². The largest absolute Gasteiger partial charge is 0.388 e. The molecule has 0 aliphatic carbocycles. The van der Waals surface area contributed by atoms with Crippen molar-refractivity contribution in [1.82, 2.24) is 0 Å². The first-order valence-electron chi connectivity index (χ1n) is 5.50. The molecule has 0 radical (unpaired) electrons. The van der Waals surface area contributed by atoms with Gasteiger partial charge in [0.25, 0.3) is 0 Å². The van der Waals surface area contributed by atoms with Crippen LogP contribution in [0, 0.1) is 5.41 Å². The van der Waals surface area contributed by atoms with E-state index in [0.29, 0.717) is 6.42 Å². The number of hydrogen-bond acceptors (Lipinski definition) is 2. The van der Waals surface area contributed by atoms with Crippen LogP contribution in [0.2, 0.25) is 0 Å². The Hall–Kier alpha value is -0.380. The molecule has 0 fully saturated rings. The van der Waals surface area contributed by atoms with Crippen LogP contribution in [0.15, 0.2) is 28.7 Å². The van der Waals surface area contributed by atoms with Crippen LogP contribution in [-0.2, 0) is 0 Å². The summed E-state index contributed by atoms with van der Waals surface area (Å²) in [6, 6.07) is 7.70. The van der Waals surface area contributed by atoms with Gasteiger partial charge in [-0.3, -0.25) is 0 Å². The van der Waals surface area contributed by atoms with E-state index >= 15 is 0 Å². The minimum atomic E-state index is -0.484. The van der Waals surface area contributed by atoms with Crippen LogP contribution >= 0.6 is 15.9 Å². The van der Waals surface area contributed by atoms with E-state index in [1.165, 1.54) is 0 Å². The predicted molar refractivity (Wildman–Crippen MR) is 71.1 cm³/mol. The standard InChI is InChI=1S/C13H20BrNO/c1-13(2,3)12(15)8-11(16)9-4-6-10(14)7-5-9/h4-7,11-12,16H,8,15H2,1-3H3/t11-,12+/m1/s1. The van der Waals surface area contributed by atoms with Crippen molar-refractivity contribution in [3.63, 3.8) is 0 Å². The lowest BCUT2D eigenvalue weighted by atomic mass is 9.83. The lowest BCUT2D eigenvalue weighted by Crippen LogP contribution is -2.36. The van der Waals surface area contributed by atoms with Gasteiger partial charge >= 0.3 is 0 Å². The fourth-order valence-corrected chi connectivity index (χ4v) is 1.68. The van der Waals surface area contributed by atoms with Crippen LogP contribution in [0.5, 0.6) is 0 Å². The highest BCUT2D eigenvalue weighted by Crippen LogP contribution is 2.27. The molecule has 0 bridgehead atoms. The van der Waals surface area contributed by atoms with Gasteiger partial charge in [-0.05, 0) is 29.5 Å². The molecular formula is C13H20BrNO. The summed E-state index contributed by atoms with van der Waals surface area (Å²) in [6.07, 6.45) is 0.104. The van der Waals surface area contributed by atoms with Crippen molar-refractivity contribution in [2.75, 3.05) is 0 Å². The van der Waals surface area contributed by atoms with E-state index in [4.69, 9.17) is 5.73 Å². The second-order valence-electron chi connectivity index (χ2n) is 5.28. The molecule has 0 spiro atoms. The number of nitrogens with two attached hydrogens (primary N) is 1. The average molecular weight is 286 g/mol. The molecule has 0 amide bonds. The minimum Gasteiger partial charge on any atom is -0.388 e. The topological polar surface area (TPSA) is 46.2 Å². The summed E-state index contributed by atoms with van der Waals surface area (Å²) in [5.74, 6) is 0. The summed E-state index contributed by atoms with van der Waals surface area (Å²) in [4.78, 5) is 0. The molecule has 1 rings (SSSR count). The number of aliphatic hydroxyl groups is 1. The van der Waals surface area contributed by atoms with Crippen LogP contribution < -0.4 is 5.73 Å². The van der Waals surface area contributed by atoms with Gasteiger partial charge in [-0.2, -0.15) is 0 Å². The Morgan fingerprint density at radius 3 is 2.19 bits per heavy atom. The zero-order valence-electron chi connectivity index (χ0n) is 10.1. The molecule has 90 valence electrons. The molecule has 2 nitrogen and oxygen atoms in total. The van der Waals surface area contributed by atoms with Crippen molar-refractivity contribution in [3.8, 4) is 0 Å². The number of hydrogen-bond donors (Lipinski definition) is 2. The van der Waals surface area contributed by atoms with E-state index in [1.807, 2.05) is 24.3 Å². The summed E-state index contributed by atoms with van der Waals surface area (Å²) in [5, 5.41) is 10.0. The third-order valence-electron chi connectivity index (χ3n) is 2.84. The molecule has 0 unspecified atom stereocenters. The van der Waals surface area contributed by atoms with Gasteiger partial charge in [-0.25, -0.2) is 0 Å². The Labute approximate surface area is 106 Å². The van der Waals surface area contributed by atoms with Crippen molar-refractivity contribution >= 4 is 15.9 Å². The van der Waals surface area contributed by atoms with E-state index in [-0.39, 0.29) is 11.5 Å². The number of halogens is 1. The van der Waals surface area contributed by atoms with E-state index in [0.717, 1.165) is 10.0 Å². The molecule has 1 aromatic rings. The van der Waals surface area contributed by atoms with E-state index in [1.54, 1.807) is 0 Å². The second kappa shape index (κ2) is 5.30. The summed E-state index contributed by atoms with van der Waals surface area (Å²) < 4.78 is 1.02. The maximum atomic E-state index is 10.0. The van der Waals surface area contributed by atoms with Crippen LogP contribution in [-0.4, -0.2) is 11.1 Å². The molecule has 3 N–H and O–H groups in total. The summed E-state index contributed by atoms with van der Waals surface area (Å²) in [7, 11) is 0. The molecule has 1 aromatic carbocycles. The monoisotopic (exact) mass is 285 g/mol. The lowest BCUT2D eigenvalue weighted by molar-refractivity contribution is 0.133. The molecule has 3 heteroatoms. The Kier molecular flexibility index (Phi) is 4.53. The fourth-order valence-electron chi connectivity index (χ4n) is 1.42. The molecule has 0 aliphatic rings. The van der Waals surface area contributed by atoms with Crippen LogP contribution in [0.1, 0.15) is 38.9 Å². The summed E-state index contributed by atoms with van der Waals surface area (Å²) in [5.41, 5.74) is 6.99. The van der Waals surface area contributed by atoms with E-state index in [9.17, 15) is 5.11 Å². The third-order valence-corrected chi connectivity index (χ3v) is 3.37. The molecule has 16 heavy (non-hydrogen) atoms. The van der Waals surface area contributed by atoms with Gasteiger partial charge in [0, 0.05) is 10.5 Å². The van der Waals surface area contributed by atoms with E-state index < -0.39 is 6.10 Å². The van der Waals surface area contributed by atoms with Crippen molar-refractivity contribution in [2.24, 2.45) is 11.1 Å². The Morgan fingerprint density at radius 1 is 1.25 bits per heavy atom. The number of rotatable bonds is 3. The van der Waals surface area contributed by atoms with Gasteiger partial charge in [0.05, 0.1) is 6.10 Å². The van der Waals surface area contributed by atoms with Gasteiger partial charge in [0.1, 0.15) is 0 Å². The SMILES string of the molecule is CC(C)(C)[C@@H](N)C[C@@H](O)c1ccc(Br)cc1. The number of benzene rings is 1. The Morgan fingerprint density at radius 2 is 1.75 bits per heavy atom. The van der Waals surface area contributed by atoms with Gasteiger partial charge in [-0.1, -0.05) is 48.8 Å². The highest BCUT2D eigenvalue weighted by atomic mass is 79.9. The van der Waals surface area contributed by atoms with Gasteiger partial charge in [0.15, 0.2) is 0 Å². The molecular weight excluding hydrogens is 266 g/mol. The summed E-state index contributed by atoms with van der Waals surface area (Å²) >= 11 is 3.37. The molecule has 0 heterocycles. The van der Waals surface area contributed by atoms with E-state index in [2.05, 4.69) is 36.7 Å². The first kappa shape index (κ1) is 13.7. The van der Waals surface area contributed by atoms with Gasteiger partial charge in [-0.15, -0.1) is 0 Å². The van der Waals surface area contributed by atoms with Gasteiger partial charge in [0.2, 0.25) is 0 Å². The average Bonchev–Trinajstić information content (AvgIpc) is 2.17. The highest BCUT2D eigenvalue weighted by molar-refractivity contribution is 9.10. The molecule has 0 aromatic heterocycles. The molecule has 0 saturated carbocycles. The Balaban J connectivity index is 2.65. The quantitative estimate of drug-likeness (QED) is 0.896. The third kappa shape index (κ3) is 3.89. The zero-order valence-corrected chi connectivity index (χ0v) is 11.7. The highest BCUT2D eigenvalue weighted by Gasteiger charge is 2.23. The minimum absolute atomic E-state index is 0.00820. The smallest absolute Gasteiger partial charge is 0.0805 e. The maximum Gasteiger partial charge on any atom is 0.0805 e. The zero-order chi connectivity index (χ0) is 12.3.